The van der Waals surface area contributed by atoms with E-state index in [2.05, 4.69) is 24.1 Å². The second kappa shape index (κ2) is 7.77. The zero-order valence-corrected chi connectivity index (χ0v) is 10.3. The highest BCUT2D eigenvalue weighted by Crippen LogP contribution is 2.27. The molecule has 1 saturated carbocycles. The van der Waals surface area contributed by atoms with Gasteiger partial charge in [-0.3, -0.25) is 0 Å². The molecule has 15 heavy (non-hydrogen) atoms. The van der Waals surface area contributed by atoms with Gasteiger partial charge in [-0.2, -0.15) is 0 Å². The van der Waals surface area contributed by atoms with Crippen LogP contribution in [0, 0.1) is 17.8 Å². The van der Waals surface area contributed by atoms with Crippen LogP contribution in [-0.2, 0) is 0 Å². The fourth-order valence-corrected chi connectivity index (χ4v) is 2.49. The summed E-state index contributed by atoms with van der Waals surface area (Å²) >= 11 is 0. The smallest absolute Gasteiger partial charge is 0.00912 e. The van der Waals surface area contributed by atoms with Crippen LogP contribution in [0.1, 0.15) is 58.8 Å². The number of hydrogen-bond donors (Lipinski definition) is 1. The van der Waals surface area contributed by atoms with Crippen molar-refractivity contribution in [1.29, 1.82) is 0 Å². The maximum atomic E-state index is 3.66. The molecule has 0 heterocycles. The fraction of sp³-hybridized carbons (Fsp3) is 0.857. The zero-order chi connectivity index (χ0) is 10.9. The first-order chi connectivity index (χ1) is 7.36. The predicted molar refractivity (Wildman–Crippen MR) is 66.7 cm³/mol. The Morgan fingerprint density at radius 1 is 1.33 bits per heavy atom. The average Bonchev–Trinajstić information content (AvgIpc) is 2.27. The van der Waals surface area contributed by atoms with E-state index in [1.54, 1.807) is 0 Å². The van der Waals surface area contributed by atoms with Gasteiger partial charge in [0.25, 0.3) is 0 Å². The Balaban J connectivity index is 2.18. The minimum absolute atomic E-state index is 0.790. The van der Waals surface area contributed by atoms with Gasteiger partial charge in [0.2, 0.25) is 0 Å². The second-order valence-corrected chi connectivity index (χ2v) is 4.65. The Bertz CT molecular complexity index is 211. The van der Waals surface area contributed by atoms with Crippen molar-refractivity contribution in [2.24, 2.45) is 5.92 Å². The Hall–Kier alpha value is -0.480. The Kier molecular flexibility index (Phi) is 6.52. The normalized spacial score (nSPS) is 25.7. The van der Waals surface area contributed by atoms with Crippen LogP contribution >= 0.6 is 0 Å². The monoisotopic (exact) mass is 207 g/mol. The molecule has 0 spiro atoms. The lowest BCUT2D eigenvalue weighted by atomic mass is 9.83. The van der Waals surface area contributed by atoms with E-state index < -0.39 is 0 Å². The molecule has 1 rings (SSSR count). The number of nitrogens with one attached hydrogen (secondary N) is 1. The molecule has 1 aliphatic rings. The lowest BCUT2D eigenvalue weighted by Gasteiger charge is -2.29. The summed E-state index contributed by atoms with van der Waals surface area (Å²) in [7, 11) is 0. The van der Waals surface area contributed by atoms with E-state index in [0.29, 0.717) is 0 Å². The first kappa shape index (κ1) is 12.6. The summed E-state index contributed by atoms with van der Waals surface area (Å²) in [4.78, 5) is 0. The average molecular weight is 207 g/mol. The SMILES string of the molecule is CC#CCCC1CCCC(NCCC)C1. The zero-order valence-electron chi connectivity index (χ0n) is 10.3. The quantitative estimate of drug-likeness (QED) is 0.682. The van der Waals surface area contributed by atoms with Crippen molar-refractivity contribution < 1.29 is 0 Å². The number of hydrogen-bond acceptors (Lipinski definition) is 1. The minimum atomic E-state index is 0.790. The van der Waals surface area contributed by atoms with Gasteiger partial charge in [0.15, 0.2) is 0 Å². The summed E-state index contributed by atoms with van der Waals surface area (Å²) in [6, 6.07) is 0.790. The van der Waals surface area contributed by atoms with Crippen molar-refractivity contribution in [3.8, 4) is 11.8 Å². The maximum Gasteiger partial charge on any atom is 0.00912 e. The first-order valence-electron chi connectivity index (χ1n) is 6.49. The number of rotatable bonds is 5. The van der Waals surface area contributed by atoms with E-state index in [1.807, 2.05) is 6.92 Å². The molecule has 0 amide bonds. The first-order valence-corrected chi connectivity index (χ1v) is 6.49. The van der Waals surface area contributed by atoms with Crippen LogP contribution in [0.2, 0.25) is 0 Å². The van der Waals surface area contributed by atoms with Gasteiger partial charge in [-0.25, -0.2) is 0 Å². The molecule has 0 aromatic heterocycles. The molecule has 0 radical (unpaired) electrons. The second-order valence-electron chi connectivity index (χ2n) is 4.65. The van der Waals surface area contributed by atoms with Crippen molar-refractivity contribution in [1.82, 2.24) is 5.32 Å². The van der Waals surface area contributed by atoms with Gasteiger partial charge in [-0.15, -0.1) is 11.8 Å². The molecule has 2 atom stereocenters. The molecule has 86 valence electrons. The summed E-state index contributed by atoms with van der Waals surface area (Å²) in [5.41, 5.74) is 0. The van der Waals surface area contributed by atoms with E-state index in [9.17, 15) is 0 Å². The Morgan fingerprint density at radius 3 is 2.93 bits per heavy atom. The lowest BCUT2D eigenvalue weighted by Crippen LogP contribution is -2.34. The van der Waals surface area contributed by atoms with Gasteiger partial charge in [0, 0.05) is 12.5 Å². The fourth-order valence-electron chi connectivity index (χ4n) is 2.49. The van der Waals surface area contributed by atoms with E-state index in [4.69, 9.17) is 0 Å². The van der Waals surface area contributed by atoms with Crippen LogP contribution in [0.25, 0.3) is 0 Å². The molecule has 1 nitrogen and oxygen atoms in total. The van der Waals surface area contributed by atoms with Crippen molar-refractivity contribution >= 4 is 0 Å². The third-order valence-corrected chi connectivity index (χ3v) is 3.32. The van der Waals surface area contributed by atoms with Crippen LogP contribution in [0.15, 0.2) is 0 Å². The highest BCUT2D eigenvalue weighted by molar-refractivity contribution is 4.95. The van der Waals surface area contributed by atoms with E-state index >= 15 is 0 Å². The van der Waals surface area contributed by atoms with Gasteiger partial charge < -0.3 is 5.32 Å². The van der Waals surface area contributed by atoms with Crippen LogP contribution in [0.3, 0.4) is 0 Å². The van der Waals surface area contributed by atoms with Crippen LogP contribution in [0.4, 0.5) is 0 Å². The highest BCUT2D eigenvalue weighted by atomic mass is 14.9. The molecule has 1 aliphatic carbocycles. The third kappa shape index (κ3) is 5.23. The third-order valence-electron chi connectivity index (χ3n) is 3.32. The van der Waals surface area contributed by atoms with Gasteiger partial charge in [0.1, 0.15) is 0 Å². The predicted octanol–water partition coefficient (Wildman–Crippen LogP) is 3.35. The molecule has 0 bridgehead atoms. The van der Waals surface area contributed by atoms with Crippen LogP contribution in [0.5, 0.6) is 0 Å². The standard InChI is InChI=1S/C14H25N/c1-3-5-6-8-13-9-7-10-14(12-13)15-11-4-2/h13-15H,4,6-12H2,1-2H3. The van der Waals surface area contributed by atoms with Gasteiger partial charge >= 0.3 is 0 Å². The molecule has 2 unspecified atom stereocenters. The molecule has 1 heteroatoms. The molecule has 1 fully saturated rings. The molecule has 0 saturated heterocycles. The lowest BCUT2D eigenvalue weighted by molar-refractivity contribution is 0.275. The summed E-state index contributed by atoms with van der Waals surface area (Å²) in [6.07, 6.45) is 9.26. The molecule has 0 aromatic rings. The largest absolute Gasteiger partial charge is 0.314 e. The summed E-state index contributed by atoms with van der Waals surface area (Å²) < 4.78 is 0. The van der Waals surface area contributed by atoms with E-state index in [-0.39, 0.29) is 0 Å². The van der Waals surface area contributed by atoms with Gasteiger partial charge in [-0.1, -0.05) is 19.8 Å². The van der Waals surface area contributed by atoms with Gasteiger partial charge in [-0.05, 0) is 45.1 Å². The van der Waals surface area contributed by atoms with Crippen molar-refractivity contribution in [3.63, 3.8) is 0 Å². The van der Waals surface area contributed by atoms with Crippen molar-refractivity contribution in [2.75, 3.05) is 6.54 Å². The summed E-state index contributed by atoms with van der Waals surface area (Å²) in [5.74, 6) is 7.10. The minimum Gasteiger partial charge on any atom is -0.314 e. The van der Waals surface area contributed by atoms with Crippen LogP contribution in [-0.4, -0.2) is 12.6 Å². The molecule has 0 aromatic carbocycles. The Labute approximate surface area is 95.0 Å². The van der Waals surface area contributed by atoms with Crippen LogP contribution < -0.4 is 5.32 Å². The maximum absolute atomic E-state index is 3.66. The van der Waals surface area contributed by atoms with Gasteiger partial charge in [0.05, 0.1) is 0 Å². The molecular weight excluding hydrogens is 182 g/mol. The van der Waals surface area contributed by atoms with Crippen molar-refractivity contribution in [3.05, 3.63) is 0 Å². The molecular formula is C14H25N. The summed E-state index contributed by atoms with van der Waals surface area (Å²) in [6.45, 7) is 5.36. The molecule has 1 N–H and O–H groups in total. The van der Waals surface area contributed by atoms with Crippen molar-refractivity contribution in [2.45, 2.75) is 64.8 Å². The highest BCUT2D eigenvalue weighted by Gasteiger charge is 2.20. The topological polar surface area (TPSA) is 12.0 Å². The van der Waals surface area contributed by atoms with E-state index in [0.717, 1.165) is 18.4 Å². The summed E-state index contributed by atoms with van der Waals surface area (Å²) in [5, 5.41) is 3.66. The van der Waals surface area contributed by atoms with E-state index in [1.165, 1.54) is 45.1 Å². The molecule has 0 aliphatic heterocycles. The Morgan fingerprint density at radius 2 is 2.20 bits per heavy atom.